The van der Waals surface area contributed by atoms with Crippen LogP contribution in [0.15, 0.2) is 34.3 Å². The molecule has 0 saturated heterocycles. The zero-order valence-corrected chi connectivity index (χ0v) is 20.4. The summed E-state index contributed by atoms with van der Waals surface area (Å²) in [5.74, 6) is -7.39. The number of benzene rings is 1. The monoisotopic (exact) mass is 560 g/mol. The van der Waals surface area contributed by atoms with Crippen LogP contribution < -0.4 is 15.0 Å². The first kappa shape index (κ1) is 30.3. The summed E-state index contributed by atoms with van der Waals surface area (Å²) in [5.41, 5.74) is -5.35. The highest BCUT2D eigenvalue weighted by molar-refractivity contribution is 6.32. The van der Waals surface area contributed by atoms with E-state index in [9.17, 15) is 40.3 Å². The maximum Gasteiger partial charge on any atom is 0.573 e. The Bertz CT molecular complexity index is 1010. The Kier molecular flexibility index (Phi) is 9.91. The first-order valence-electron chi connectivity index (χ1n) is 10.9. The van der Waals surface area contributed by atoms with Gasteiger partial charge in [0, 0.05) is 31.6 Å². The summed E-state index contributed by atoms with van der Waals surface area (Å²) in [4.78, 5) is 33.6. The molecule has 1 aliphatic carbocycles. The highest BCUT2D eigenvalue weighted by Gasteiger charge is 2.47. The van der Waals surface area contributed by atoms with Crippen LogP contribution in [-0.4, -0.2) is 60.7 Å². The average Bonchev–Trinajstić information content (AvgIpc) is 2.79. The SMILES string of the molecule is CN=CN=C(F)C[C@](C)(C(=O)NC1CCC(F)(F)CC1)N(C(=O)[C@H](F)Cl)c1ccc(OC(F)(F)F)cc1. The predicted molar refractivity (Wildman–Crippen MR) is 123 cm³/mol. The molecule has 1 aliphatic rings. The number of halogens is 8. The van der Waals surface area contributed by atoms with E-state index in [1.54, 1.807) is 0 Å². The maximum absolute atomic E-state index is 14.7. The molecule has 0 bridgehead atoms. The molecule has 7 nitrogen and oxygen atoms in total. The summed E-state index contributed by atoms with van der Waals surface area (Å²) in [7, 11) is 1.28. The zero-order chi connectivity index (χ0) is 28.0. The minimum atomic E-state index is -5.02. The Morgan fingerprint density at radius 3 is 2.30 bits per heavy atom. The number of hydrogen-bond acceptors (Lipinski definition) is 4. The van der Waals surface area contributed by atoms with Crippen molar-refractivity contribution < 1.29 is 45.1 Å². The van der Waals surface area contributed by atoms with Crippen LogP contribution in [0.4, 0.5) is 36.4 Å². The molecule has 0 radical (unpaired) electrons. The third-order valence-corrected chi connectivity index (χ3v) is 5.76. The lowest BCUT2D eigenvalue weighted by Crippen LogP contribution is -2.62. The Morgan fingerprint density at radius 1 is 1.24 bits per heavy atom. The molecule has 2 atom stereocenters. The molecule has 1 N–H and O–H groups in total. The van der Waals surface area contributed by atoms with Gasteiger partial charge < -0.3 is 10.1 Å². The van der Waals surface area contributed by atoms with E-state index in [0.29, 0.717) is 4.90 Å². The van der Waals surface area contributed by atoms with Gasteiger partial charge in [0.1, 0.15) is 17.6 Å². The molecule has 0 unspecified atom stereocenters. The van der Waals surface area contributed by atoms with E-state index >= 15 is 0 Å². The lowest BCUT2D eigenvalue weighted by atomic mass is 9.89. The third-order valence-electron chi connectivity index (χ3n) is 5.57. The highest BCUT2D eigenvalue weighted by Crippen LogP contribution is 2.35. The average molecular weight is 561 g/mol. The van der Waals surface area contributed by atoms with Crippen LogP contribution in [0.25, 0.3) is 0 Å². The molecule has 0 aliphatic heterocycles. The number of rotatable bonds is 9. The van der Waals surface area contributed by atoms with Crippen molar-refractivity contribution in [2.24, 2.45) is 9.98 Å². The third kappa shape index (κ3) is 8.58. The summed E-state index contributed by atoms with van der Waals surface area (Å²) in [6.07, 6.45) is -6.43. The van der Waals surface area contributed by atoms with Crippen LogP contribution >= 0.6 is 11.6 Å². The fourth-order valence-electron chi connectivity index (χ4n) is 3.79. The van der Waals surface area contributed by atoms with Crippen LogP contribution in [0.3, 0.4) is 0 Å². The van der Waals surface area contributed by atoms with Gasteiger partial charge in [0.15, 0.2) is 5.97 Å². The standard InChI is InChI=1S/C22H24ClF7N4O3/c1-20(11-16(24)32-12-31-2,19(36)33-13-7-9-21(26,27)10-8-13)34(18(35)17(23)25)14-3-5-15(6-4-14)37-22(28,29)30/h3-6,12-13,17H,7-11H2,1-2H3,(H,33,36)/t17-,20+/m0/s1. The number of hydrogen-bond donors (Lipinski definition) is 1. The van der Waals surface area contributed by atoms with Gasteiger partial charge in [-0.3, -0.25) is 19.5 Å². The van der Waals surface area contributed by atoms with Crippen LogP contribution in [0, 0.1) is 0 Å². The molecule has 37 heavy (non-hydrogen) atoms. The quantitative estimate of drug-likeness (QED) is 0.192. The number of anilines is 1. The molecule has 2 rings (SSSR count). The van der Waals surface area contributed by atoms with E-state index in [4.69, 9.17) is 11.6 Å². The molecule has 1 saturated carbocycles. The molecule has 1 fully saturated rings. The molecule has 1 aromatic rings. The van der Waals surface area contributed by atoms with Gasteiger partial charge in [0.05, 0.1) is 6.42 Å². The first-order valence-corrected chi connectivity index (χ1v) is 11.3. The summed E-state index contributed by atoms with van der Waals surface area (Å²) < 4.78 is 97.2. The minimum Gasteiger partial charge on any atom is -0.406 e. The number of nitrogens with zero attached hydrogens (tertiary/aromatic N) is 3. The second kappa shape index (κ2) is 12.1. The predicted octanol–water partition coefficient (Wildman–Crippen LogP) is 5.32. The van der Waals surface area contributed by atoms with E-state index in [-0.39, 0.29) is 18.5 Å². The molecule has 0 heterocycles. The second-order valence-electron chi connectivity index (χ2n) is 8.45. The van der Waals surface area contributed by atoms with Crippen molar-refractivity contribution in [2.45, 2.75) is 68.5 Å². The van der Waals surface area contributed by atoms with Crippen molar-refractivity contribution >= 4 is 41.4 Å². The lowest BCUT2D eigenvalue weighted by molar-refractivity contribution is -0.274. The van der Waals surface area contributed by atoms with E-state index < -0.39 is 72.3 Å². The summed E-state index contributed by atoms with van der Waals surface area (Å²) in [5, 5.41) is 2.48. The zero-order valence-electron chi connectivity index (χ0n) is 19.7. The van der Waals surface area contributed by atoms with Gasteiger partial charge >= 0.3 is 6.36 Å². The Morgan fingerprint density at radius 2 is 1.81 bits per heavy atom. The number of amides is 2. The van der Waals surface area contributed by atoms with Gasteiger partial charge in [0.25, 0.3) is 11.5 Å². The number of nitrogens with one attached hydrogen (secondary N) is 1. The van der Waals surface area contributed by atoms with Gasteiger partial charge in [-0.25, -0.2) is 18.2 Å². The summed E-state index contributed by atoms with van der Waals surface area (Å²) in [6, 6.07) is 2.64. The second-order valence-corrected chi connectivity index (χ2v) is 8.83. The van der Waals surface area contributed by atoms with Crippen LogP contribution in [-0.2, 0) is 9.59 Å². The number of carbonyl (C=O) groups excluding carboxylic acids is 2. The lowest BCUT2D eigenvalue weighted by Gasteiger charge is -2.41. The van der Waals surface area contributed by atoms with Gasteiger partial charge in [0.2, 0.25) is 11.8 Å². The fourth-order valence-corrected chi connectivity index (χ4v) is 3.88. The number of aliphatic imine (C=N–C) groups is 2. The van der Waals surface area contributed by atoms with Crippen molar-refractivity contribution in [3.8, 4) is 5.75 Å². The molecular weight excluding hydrogens is 537 g/mol. The molecule has 0 aromatic heterocycles. The molecule has 206 valence electrons. The highest BCUT2D eigenvalue weighted by atomic mass is 35.5. The number of alkyl halides is 7. The molecule has 15 heteroatoms. The normalized spacial score (nSPS) is 19.2. The summed E-state index contributed by atoms with van der Waals surface area (Å²) >= 11 is 5.35. The van der Waals surface area contributed by atoms with Crippen LogP contribution in [0.5, 0.6) is 5.75 Å². The van der Waals surface area contributed by atoms with Crippen LogP contribution in [0.1, 0.15) is 39.0 Å². The van der Waals surface area contributed by atoms with Crippen LogP contribution in [0.2, 0.25) is 0 Å². The maximum atomic E-state index is 14.7. The van der Waals surface area contributed by atoms with Crippen molar-refractivity contribution in [3.05, 3.63) is 24.3 Å². The van der Waals surface area contributed by atoms with Crippen molar-refractivity contribution in [2.75, 3.05) is 11.9 Å². The first-order chi connectivity index (χ1) is 17.1. The fraction of sp³-hybridized carbons (Fsp3) is 0.545. The smallest absolute Gasteiger partial charge is 0.406 e. The number of carbonyl (C=O) groups is 2. The minimum absolute atomic E-state index is 0.119. The van der Waals surface area contributed by atoms with Crippen molar-refractivity contribution in [1.29, 1.82) is 0 Å². The van der Waals surface area contributed by atoms with E-state index in [1.165, 1.54) is 7.05 Å². The van der Waals surface area contributed by atoms with Gasteiger partial charge in [-0.1, -0.05) is 11.6 Å². The van der Waals surface area contributed by atoms with Gasteiger partial charge in [-0.15, -0.1) is 13.2 Å². The topological polar surface area (TPSA) is 83.4 Å². The summed E-state index contributed by atoms with van der Waals surface area (Å²) in [6.45, 7) is 1.05. The largest absolute Gasteiger partial charge is 0.573 e. The van der Waals surface area contributed by atoms with Gasteiger partial charge in [-0.05, 0) is 44.0 Å². The van der Waals surface area contributed by atoms with E-state index in [2.05, 4.69) is 20.0 Å². The van der Waals surface area contributed by atoms with Gasteiger partial charge in [-0.2, -0.15) is 4.39 Å². The number of ether oxygens (including phenoxy) is 1. The molecule has 2 amide bonds. The Hall–Kier alpha value is -2.90. The van der Waals surface area contributed by atoms with E-state index in [0.717, 1.165) is 37.5 Å². The molecular formula is C22H24ClF7N4O3. The Labute approximate surface area is 212 Å². The molecule has 0 spiro atoms. The Balaban J connectivity index is 2.51. The van der Waals surface area contributed by atoms with Crippen molar-refractivity contribution in [1.82, 2.24) is 5.32 Å². The van der Waals surface area contributed by atoms with E-state index in [1.807, 2.05) is 0 Å². The molecule has 1 aromatic carbocycles. The van der Waals surface area contributed by atoms with Crippen molar-refractivity contribution in [3.63, 3.8) is 0 Å².